The molecular formula is C15H23ClN2O3. The van der Waals surface area contributed by atoms with Crippen LogP contribution in [-0.2, 0) is 4.74 Å². The zero-order chi connectivity index (χ0) is 14.4. The van der Waals surface area contributed by atoms with Crippen LogP contribution in [0.15, 0.2) is 24.3 Å². The molecule has 1 atom stereocenters. The summed E-state index contributed by atoms with van der Waals surface area (Å²) in [6.45, 7) is 3.19. The summed E-state index contributed by atoms with van der Waals surface area (Å²) >= 11 is 0. The number of rotatable bonds is 6. The SMILES string of the molecule is COCCOc1cccc(C(=O)N2CCC(CN)C2)c1.Cl. The van der Waals surface area contributed by atoms with Gasteiger partial charge in [-0.15, -0.1) is 12.4 Å². The van der Waals surface area contributed by atoms with Gasteiger partial charge in [-0.2, -0.15) is 0 Å². The minimum atomic E-state index is 0. The lowest BCUT2D eigenvalue weighted by Gasteiger charge is -2.16. The molecule has 118 valence electrons. The Balaban J connectivity index is 0.00000220. The molecule has 1 aromatic rings. The number of amides is 1. The van der Waals surface area contributed by atoms with Gasteiger partial charge in [-0.3, -0.25) is 4.79 Å². The summed E-state index contributed by atoms with van der Waals surface area (Å²) in [7, 11) is 1.63. The van der Waals surface area contributed by atoms with Crippen LogP contribution in [0.4, 0.5) is 0 Å². The molecule has 0 bridgehead atoms. The predicted molar refractivity (Wildman–Crippen MR) is 84.1 cm³/mol. The maximum atomic E-state index is 12.4. The Kier molecular flexibility index (Phi) is 7.50. The molecule has 5 nitrogen and oxygen atoms in total. The summed E-state index contributed by atoms with van der Waals surface area (Å²) in [5.74, 6) is 1.18. The lowest BCUT2D eigenvalue weighted by Crippen LogP contribution is -2.29. The number of benzene rings is 1. The van der Waals surface area contributed by atoms with Crippen LogP contribution in [-0.4, -0.2) is 50.8 Å². The Morgan fingerprint density at radius 1 is 1.43 bits per heavy atom. The van der Waals surface area contributed by atoms with Crippen molar-refractivity contribution in [2.24, 2.45) is 11.7 Å². The lowest BCUT2D eigenvalue weighted by molar-refractivity contribution is 0.0787. The molecule has 1 saturated heterocycles. The van der Waals surface area contributed by atoms with Gasteiger partial charge in [0.1, 0.15) is 12.4 Å². The van der Waals surface area contributed by atoms with Crippen molar-refractivity contribution in [3.8, 4) is 5.75 Å². The van der Waals surface area contributed by atoms with E-state index >= 15 is 0 Å². The van der Waals surface area contributed by atoms with Crippen LogP contribution in [0.5, 0.6) is 5.75 Å². The lowest BCUT2D eigenvalue weighted by atomic mass is 10.1. The van der Waals surface area contributed by atoms with Crippen molar-refractivity contribution in [2.75, 3.05) is 40.0 Å². The molecule has 0 aromatic heterocycles. The zero-order valence-corrected chi connectivity index (χ0v) is 13.1. The second-order valence-corrected chi connectivity index (χ2v) is 5.01. The van der Waals surface area contributed by atoms with Gasteiger partial charge in [-0.1, -0.05) is 6.07 Å². The fourth-order valence-corrected chi connectivity index (χ4v) is 2.35. The molecule has 21 heavy (non-hydrogen) atoms. The van der Waals surface area contributed by atoms with Crippen LogP contribution < -0.4 is 10.5 Å². The van der Waals surface area contributed by atoms with Gasteiger partial charge in [0.25, 0.3) is 5.91 Å². The highest BCUT2D eigenvalue weighted by Gasteiger charge is 2.26. The van der Waals surface area contributed by atoms with Gasteiger partial charge < -0.3 is 20.1 Å². The summed E-state index contributed by atoms with van der Waals surface area (Å²) in [6.07, 6.45) is 0.992. The van der Waals surface area contributed by atoms with Crippen LogP contribution in [0.2, 0.25) is 0 Å². The van der Waals surface area contributed by atoms with E-state index in [1.54, 1.807) is 13.2 Å². The first-order valence-electron chi connectivity index (χ1n) is 6.95. The molecule has 0 aliphatic carbocycles. The maximum absolute atomic E-state index is 12.4. The van der Waals surface area contributed by atoms with Crippen molar-refractivity contribution >= 4 is 18.3 Å². The van der Waals surface area contributed by atoms with Crippen LogP contribution in [0.3, 0.4) is 0 Å². The van der Waals surface area contributed by atoms with E-state index in [0.717, 1.165) is 19.5 Å². The molecule has 6 heteroatoms. The number of nitrogens with two attached hydrogens (primary N) is 1. The van der Waals surface area contributed by atoms with Gasteiger partial charge in [-0.25, -0.2) is 0 Å². The van der Waals surface area contributed by atoms with Crippen molar-refractivity contribution in [2.45, 2.75) is 6.42 Å². The van der Waals surface area contributed by atoms with E-state index in [9.17, 15) is 4.79 Å². The molecule has 2 rings (SSSR count). The Morgan fingerprint density at radius 3 is 2.90 bits per heavy atom. The van der Waals surface area contributed by atoms with Gasteiger partial charge in [-0.05, 0) is 37.1 Å². The predicted octanol–water partition coefficient (Wildman–Crippen LogP) is 1.55. The van der Waals surface area contributed by atoms with Gasteiger partial charge in [0, 0.05) is 25.8 Å². The molecule has 0 radical (unpaired) electrons. The second kappa shape index (κ2) is 8.87. The molecule has 1 aromatic carbocycles. The molecule has 1 fully saturated rings. The van der Waals surface area contributed by atoms with Gasteiger partial charge in [0.05, 0.1) is 6.61 Å². The normalized spacial score (nSPS) is 17.4. The Labute approximate surface area is 131 Å². The number of methoxy groups -OCH3 is 1. The van der Waals surface area contributed by atoms with Crippen molar-refractivity contribution in [3.63, 3.8) is 0 Å². The molecule has 0 saturated carbocycles. The number of carbonyl (C=O) groups excluding carboxylic acids is 1. The van der Waals surface area contributed by atoms with E-state index < -0.39 is 0 Å². The molecule has 2 N–H and O–H groups in total. The monoisotopic (exact) mass is 314 g/mol. The third kappa shape index (κ3) is 4.88. The first-order chi connectivity index (χ1) is 9.74. The Hall–Kier alpha value is -1.30. The fraction of sp³-hybridized carbons (Fsp3) is 0.533. The molecular weight excluding hydrogens is 292 g/mol. The van der Waals surface area contributed by atoms with Crippen LogP contribution >= 0.6 is 12.4 Å². The average molecular weight is 315 g/mol. The van der Waals surface area contributed by atoms with E-state index in [1.807, 2.05) is 23.1 Å². The third-order valence-electron chi connectivity index (χ3n) is 3.54. The molecule has 1 unspecified atom stereocenters. The van der Waals surface area contributed by atoms with Crippen molar-refractivity contribution in [1.82, 2.24) is 4.90 Å². The zero-order valence-electron chi connectivity index (χ0n) is 12.3. The molecule has 1 heterocycles. The summed E-state index contributed by atoms with van der Waals surface area (Å²) in [4.78, 5) is 14.3. The number of carbonyl (C=O) groups is 1. The number of halogens is 1. The molecule has 0 spiro atoms. The van der Waals surface area contributed by atoms with Crippen molar-refractivity contribution < 1.29 is 14.3 Å². The second-order valence-electron chi connectivity index (χ2n) is 5.01. The summed E-state index contributed by atoms with van der Waals surface area (Å²) in [5.41, 5.74) is 6.32. The highest BCUT2D eigenvalue weighted by molar-refractivity contribution is 5.94. The molecule has 1 aliphatic rings. The fourth-order valence-electron chi connectivity index (χ4n) is 2.35. The average Bonchev–Trinajstić information content (AvgIpc) is 2.96. The molecule has 1 aliphatic heterocycles. The number of hydrogen-bond acceptors (Lipinski definition) is 4. The largest absolute Gasteiger partial charge is 0.491 e. The summed E-state index contributed by atoms with van der Waals surface area (Å²) in [6, 6.07) is 7.29. The third-order valence-corrected chi connectivity index (χ3v) is 3.54. The summed E-state index contributed by atoms with van der Waals surface area (Å²) in [5, 5.41) is 0. The first kappa shape index (κ1) is 17.8. The van der Waals surface area contributed by atoms with E-state index in [0.29, 0.717) is 37.0 Å². The highest BCUT2D eigenvalue weighted by Crippen LogP contribution is 2.20. The van der Waals surface area contributed by atoms with Gasteiger partial charge in [0.15, 0.2) is 0 Å². The summed E-state index contributed by atoms with van der Waals surface area (Å²) < 4.78 is 10.5. The minimum Gasteiger partial charge on any atom is -0.491 e. The maximum Gasteiger partial charge on any atom is 0.253 e. The van der Waals surface area contributed by atoms with Gasteiger partial charge in [0.2, 0.25) is 0 Å². The van der Waals surface area contributed by atoms with Crippen LogP contribution in [0, 0.1) is 5.92 Å². The Morgan fingerprint density at radius 2 is 2.24 bits per heavy atom. The van der Waals surface area contributed by atoms with E-state index in [4.69, 9.17) is 15.2 Å². The van der Waals surface area contributed by atoms with Crippen molar-refractivity contribution in [3.05, 3.63) is 29.8 Å². The van der Waals surface area contributed by atoms with Gasteiger partial charge >= 0.3 is 0 Å². The molecule has 1 amide bonds. The number of ether oxygens (including phenoxy) is 2. The minimum absolute atomic E-state index is 0. The standard InChI is InChI=1S/C15H22N2O3.ClH/c1-19-7-8-20-14-4-2-3-13(9-14)15(18)17-6-5-12(10-16)11-17;/h2-4,9,12H,5-8,10-11,16H2,1H3;1H. The first-order valence-corrected chi connectivity index (χ1v) is 6.95. The van der Waals surface area contributed by atoms with Crippen LogP contribution in [0.1, 0.15) is 16.8 Å². The smallest absolute Gasteiger partial charge is 0.253 e. The van der Waals surface area contributed by atoms with Crippen molar-refractivity contribution in [1.29, 1.82) is 0 Å². The topological polar surface area (TPSA) is 64.8 Å². The number of hydrogen-bond donors (Lipinski definition) is 1. The van der Waals surface area contributed by atoms with E-state index in [-0.39, 0.29) is 18.3 Å². The quantitative estimate of drug-likeness (QED) is 0.809. The number of nitrogens with zero attached hydrogens (tertiary/aromatic N) is 1. The Bertz CT molecular complexity index is 456. The van der Waals surface area contributed by atoms with Crippen LogP contribution in [0.25, 0.3) is 0 Å². The van der Waals surface area contributed by atoms with E-state index in [1.165, 1.54) is 0 Å². The highest BCUT2D eigenvalue weighted by atomic mass is 35.5. The van der Waals surface area contributed by atoms with E-state index in [2.05, 4.69) is 0 Å². The number of likely N-dealkylation sites (tertiary alicyclic amines) is 1.